The molecule has 0 aliphatic rings. The van der Waals surface area contributed by atoms with Crippen molar-refractivity contribution in [1.29, 1.82) is 0 Å². The highest BCUT2D eigenvalue weighted by Crippen LogP contribution is 2.21. The molecule has 4 nitrogen and oxygen atoms in total. The number of rotatable bonds is 3. The van der Waals surface area contributed by atoms with Crippen LogP contribution in [0.15, 0.2) is 36.5 Å². The largest absolute Gasteiger partial charge is 0.478 e. The summed E-state index contributed by atoms with van der Waals surface area (Å²) in [4.78, 5) is 18.1. The van der Waals surface area contributed by atoms with Crippen molar-refractivity contribution in [2.45, 2.75) is 0 Å². The molecular weight excluding hydrogens is 254 g/mol. The van der Waals surface area contributed by atoms with Crippen molar-refractivity contribution in [1.82, 2.24) is 9.97 Å². The van der Waals surface area contributed by atoms with Gasteiger partial charge in [-0.05, 0) is 30.3 Å². The summed E-state index contributed by atoms with van der Waals surface area (Å²) in [5.41, 5.74) is 0.171. The number of aliphatic carboxylic acids is 1. The van der Waals surface area contributed by atoms with Crippen LogP contribution in [0.1, 0.15) is 5.82 Å². The van der Waals surface area contributed by atoms with Gasteiger partial charge in [-0.15, -0.1) is 0 Å². The number of hydrogen-bond donors (Lipinski definition) is 1. The molecule has 96 valence electrons. The quantitative estimate of drug-likeness (QED) is 0.863. The van der Waals surface area contributed by atoms with Gasteiger partial charge in [0.2, 0.25) is 0 Å². The van der Waals surface area contributed by atoms with Crippen LogP contribution in [-0.2, 0) is 4.79 Å². The Morgan fingerprint density at radius 3 is 2.79 bits per heavy atom. The average molecular weight is 262 g/mol. The molecule has 0 spiro atoms. The van der Waals surface area contributed by atoms with E-state index in [4.69, 9.17) is 5.11 Å². The first-order valence-corrected chi connectivity index (χ1v) is 5.26. The van der Waals surface area contributed by atoms with Crippen LogP contribution in [0.2, 0.25) is 0 Å². The molecule has 0 bridgehead atoms. The molecule has 0 unspecified atom stereocenters. The van der Waals surface area contributed by atoms with Gasteiger partial charge in [-0.1, -0.05) is 0 Å². The summed E-state index contributed by atoms with van der Waals surface area (Å²) in [7, 11) is 0. The lowest BCUT2D eigenvalue weighted by Gasteiger charge is -2.03. The van der Waals surface area contributed by atoms with Crippen LogP contribution >= 0.6 is 0 Å². The smallest absolute Gasteiger partial charge is 0.328 e. The lowest BCUT2D eigenvalue weighted by atomic mass is 10.1. The Morgan fingerprint density at radius 1 is 1.26 bits per heavy atom. The molecule has 6 heteroatoms. The zero-order valence-corrected chi connectivity index (χ0v) is 9.55. The predicted molar refractivity (Wildman–Crippen MR) is 64.1 cm³/mol. The number of carbonyl (C=O) groups is 1. The van der Waals surface area contributed by atoms with Crippen molar-refractivity contribution < 1.29 is 18.7 Å². The molecule has 1 aromatic heterocycles. The van der Waals surface area contributed by atoms with Crippen LogP contribution in [-0.4, -0.2) is 21.0 Å². The second kappa shape index (κ2) is 5.34. The number of carboxylic acid groups (broad SMARTS) is 1. The number of benzene rings is 1. The van der Waals surface area contributed by atoms with Gasteiger partial charge in [0.1, 0.15) is 11.6 Å². The van der Waals surface area contributed by atoms with E-state index < -0.39 is 17.6 Å². The van der Waals surface area contributed by atoms with Gasteiger partial charge in [-0.3, -0.25) is 0 Å². The Bertz CT molecular complexity index is 657. The van der Waals surface area contributed by atoms with E-state index in [9.17, 15) is 13.6 Å². The molecule has 0 aliphatic heterocycles. The van der Waals surface area contributed by atoms with Gasteiger partial charge < -0.3 is 5.11 Å². The van der Waals surface area contributed by atoms with Crippen molar-refractivity contribution in [3.05, 3.63) is 54.0 Å². The Kier molecular flexibility index (Phi) is 3.61. The third kappa shape index (κ3) is 3.19. The summed E-state index contributed by atoms with van der Waals surface area (Å²) in [6.45, 7) is 0. The maximum Gasteiger partial charge on any atom is 0.328 e. The fourth-order valence-electron chi connectivity index (χ4n) is 1.44. The normalized spacial score (nSPS) is 10.8. The lowest BCUT2D eigenvalue weighted by Crippen LogP contribution is -1.94. The first-order valence-electron chi connectivity index (χ1n) is 5.26. The topological polar surface area (TPSA) is 63.1 Å². The molecule has 1 aromatic carbocycles. The van der Waals surface area contributed by atoms with Gasteiger partial charge in [0.25, 0.3) is 0 Å². The Hall–Kier alpha value is -2.63. The minimum absolute atomic E-state index is 0.00706. The molecule has 1 heterocycles. The molecule has 19 heavy (non-hydrogen) atoms. The first kappa shape index (κ1) is 12.8. The summed E-state index contributed by atoms with van der Waals surface area (Å²) in [6, 6.07) is 4.43. The molecule has 1 N–H and O–H groups in total. The summed E-state index contributed by atoms with van der Waals surface area (Å²) in [5.74, 6) is -2.25. The fraction of sp³-hybridized carbons (Fsp3) is 0. The number of nitrogens with zero attached hydrogens (tertiary/aromatic N) is 2. The first-order chi connectivity index (χ1) is 9.06. The monoisotopic (exact) mass is 262 g/mol. The van der Waals surface area contributed by atoms with E-state index in [0.717, 1.165) is 24.3 Å². The van der Waals surface area contributed by atoms with Crippen molar-refractivity contribution >= 4 is 12.0 Å². The van der Waals surface area contributed by atoms with Crippen LogP contribution in [0.5, 0.6) is 0 Å². The highest BCUT2D eigenvalue weighted by molar-refractivity contribution is 5.84. The average Bonchev–Trinajstić information content (AvgIpc) is 2.39. The molecule has 2 rings (SSSR count). The van der Waals surface area contributed by atoms with Crippen molar-refractivity contribution in [2.24, 2.45) is 0 Å². The molecule has 0 saturated heterocycles. The highest BCUT2D eigenvalue weighted by Gasteiger charge is 2.08. The Morgan fingerprint density at radius 2 is 2.05 bits per heavy atom. The zero-order chi connectivity index (χ0) is 13.8. The second-order valence-electron chi connectivity index (χ2n) is 3.60. The molecule has 2 aromatic rings. The Labute approximate surface area is 107 Å². The summed E-state index contributed by atoms with van der Waals surface area (Å²) in [5, 5.41) is 8.49. The minimum Gasteiger partial charge on any atom is -0.478 e. The number of halogens is 2. The molecule has 0 radical (unpaired) electrons. The standard InChI is InChI=1S/C13H8F2N2O2/c14-8-1-2-10(15)9(7-8)11-5-6-16-12(17-11)3-4-13(18)19/h1-7H,(H,18,19)/b4-3+. The molecule has 0 aliphatic carbocycles. The van der Waals surface area contributed by atoms with E-state index in [1.165, 1.54) is 18.3 Å². The van der Waals surface area contributed by atoms with Crippen LogP contribution in [0, 0.1) is 11.6 Å². The minimum atomic E-state index is -1.15. The summed E-state index contributed by atoms with van der Waals surface area (Å²) in [6.07, 6.45) is 3.37. The van der Waals surface area contributed by atoms with Crippen molar-refractivity contribution in [3.8, 4) is 11.3 Å². The van der Waals surface area contributed by atoms with Gasteiger partial charge in [0.15, 0.2) is 5.82 Å². The van der Waals surface area contributed by atoms with Crippen molar-refractivity contribution in [3.63, 3.8) is 0 Å². The SMILES string of the molecule is O=C(O)/C=C/c1nccc(-c2cc(F)ccc2F)n1. The molecular formula is C13H8F2N2O2. The van der Waals surface area contributed by atoms with Gasteiger partial charge in [-0.25, -0.2) is 23.5 Å². The van der Waals surface area contributed by atoms with E-state index in [1.54, 1.807) is 0 Å². The zero-order valence-electron chi connectivity index (χ0n) is 9.55. The van der Waals surface area contributed by atoms with E-state index in [2.05, 4.69) is 9.97 Å². The maximum absolute atomic E-state index is 13.6. The molecule has 0 fully saturated rings. The molecule has 0 atom stereocenters. The number of hydrogen-bond acceptors (Lipinski definition) is 3. The molecule has 0 saturated carbocycles. The maximum atomic E-state index is 13.6. The van der Waals surface area contributed by atoms with Crippen LogP contribution in [0.25, 0.3) is 17.3 Å². The highest BCUT2D eigenvalue weighted by atomic mass is 19.1. The Balaban J connectivity index is 2.43. The lowest BCUT2D eigenvalue weighted by molar-refractivity contribution is -0.131. The molecule has 0 amide bonds. The third-order valence-corrected chi connectivity index (χ3v) is 2.25. The third-order valence-electron chi connectivity index (χ3n) is 2.25. The van der Waals surface area contributed by atoms with Gasteiger partial charge in [0.05, 0.1) is 5.69 Å². The van der Waals surface area contributed by atoms with E-state index >= 15 is 0 Å². The number of carboxylic acids is 1. The van der Waals surface area contributed by atoms with Crippen molar-refractivity contribution in [2.75, 3.05) is 0 Å². The summed E-state index contributed by atoms with van der Waals surface area (Å²) < 4.78 is 26.6. The fourth-order valence-corrected chi connectivity index (χ4v) is 1.44. The number of aromatic nitrogens is 2. The van der Waals surface area contributed by atoms with Crippen LogP contribution in [0.3, 0.4) is 0 Å². The van der Waals surface area contributed by atoms with E-state index in [0.29, 0.717) is 0 Å². The van der Waals surface area contributed by atoms with Crippen LogP contribution in [0.4, 0.5) is 8.78 Å². The summed E-state index contributed by atoms with van der Waals surface area (Å²) >= 11 is 0. The van der Waals surface area contributed by atoms with Gasteiger partial charge in [-0.2, -0.15) is 0 Å². The van der Waals surface area contributed by atoms with E-state index in [-0.39, 0.29) is 17.1 Å². The van der Waals surface area contributed by atoms with Gasteiger partial charge in [0, 0.05) is 17.8 Å². The van der Waals surface area contributed by atoms with Crippen LogP contribution < -0.4 is 0 Å². The second-order valence-corrected chi connectivity index (χ2v) is 3.60. The van der Waals surface area contributed by atoms with Gasteiger partial charge >= 0.3 is 5.97 Å². The van der Waals surface area contributed by atoms with E-state index in [1.807, 2.05) is 0 Å². The predicted octanol–water partition coefficient (Wildman–Crippen LogP) is 2.52.